The number of hydrogen-bond donors (Lipinski definition) is 1. The number of hydrogen-bond acceptors (Lipinski definition) is 6. The summed E-state index contributed by atoms with van der Waals surface area (Å²) in [5.74, 6) is 0.530. The molecule has 2 heterocycles. The van der Waals surface area contributed by atoms with E-state index in [1.54, 1.807) is 18.2 Å². The lowest BCUT2D eigenvalue weighted by atomic mass is 10.2. The number of nitrogens with one attached hydrogen (secondary N) is 1. The number of anilines is 2. The molecule has 0 spiro atoms. The number of nitrogens with zero attached hydrogens (tertiary/aromatic N) is 2. The van der Waals surface area contributed by atoms with Gasteiger partial charge < -0.3 is 4.74 Å². The maximum Gasteiger partial charge on any atom is 0.257 e. The molecule has 3 amide bonds. The van der Waals surface area contributed by atoms with Gasteiger partial charge in [-0.3, -0.25) is 24.6 Å². The van der Waals surface area contributed by atoms with Crippen molar-refractivity contribution in [3.63, 3.8) is 0 Å². The number of aromatic nitrogens is 1. The Bertz CT molecular complexity index is 1330. The van der Waals surface area contributed by atoms with Gasteiger partial charge in [-0.25, -0.2) is 4.98 Å². The average molecular weight is 443 g/mol. The van der Waals surface area contributed by atoms with Gasteiger partial charge in [0.15, 0.2) is 5.13 Å². The van der Waals surface area contributed by atoms with E-state index in [0.29, 0.717) is 22.1 Å². The summed E-state index contributed by atoms with van der Waals surface area (Å²) in [6.45, 7) is 0. The normalized spacial score (nSPS) is 13.6. The Hall–Kier alpha value is -4.04. The highest BCUT2D eigenvalue weighted by atomic mass is 32.1. The van der Waals surface area contributed by atoms with Crippen molar-refractivity contribution in [3.05, 3.63) is 78.4 Å². The number of imide groups is 1. The van der Waals surface area contributed by atoms with Crippen LogP contribution in [-0.2, 0) is 9.59 Å². The van der Waals surface area contributed by atoms with Crippen molar-refractivity contribution < 1.29 is 19.1 Å². The third-order valence-electron chi connectivity index (χ3n) is 4.98. The van der Waals surface area contributed by atoms with Gasteiger partial charge in [0.2, 0.25) is 11.8 Å². The van der Waals surface area contributed by atoms with E-state index in [2.05, 4.69) is 10.3 Å². The maximum absolute atomic E-state index is 12.8. The zero-order valence-corrected chi connectivity index (χ0v) is 17.6. The molecule has 1 fully saturated rings. The molecular weight excluding hydrogens is 426 g/mol. The Morgan fingerprint density at radius 3 is 2.47 bits per heavy atom. The van der Waals surface area contributed by atoms with Crippen LogP contribution in [0.5, 0.6) is 11.5 Å². The molecule has 1 aliphatic heterocycles. The SMILES string of the molecule is O=C(Nc1nc2ccc(Oc3ccccc3)cc2s1)c1cccc(N2C(=O)CCC2=O)c1. The topological polar surface area (TPSA) is 88.6 Å². The van der Waals surface area contributed by atoms with Crippen molar-refractivity contribution in [2.45, 2.75) is 12.8 Å². The molecule has 158 valence electrons. The lowest BCUT2D eigenvalue weighted by Crippen LogP contribution is -2.28. The van der Waals surface area contributed by atoms with Crippen LogP contribution in [0.25, 0.3) is 10.2 Å². The van der Waals surface area contributed by atoms with Crippen LogP contribution in [-0.4, -0.2) is 22.7 Å². The second kappa shape index (κ2) is 8.24. The highest BCUT2D eigenvalue weighted by Gasteiger charge is 2.30. The number of carbonyl (C=O) groups is 3. The van der Waals surface area contributed by atoms with Crippen LogP contribution in [0.1, 0.15) is 23.2 Å². The summed E-state index contributed by atoms with van der Waals surface area (Å²) in [4.78, 5) is 42.3. The summed E-state index contributed by atoms with van der Waals surface area (Å²) >= 11 is 1.33. The third-order valence-corrected chi connectivity index (χ3v) is 5.91. The zero-order valence-electron chi connectivity index (χ0n) is 16.8. The van der Waals surface area contributed by atoms with E-state index in [-0.39, 0.29) is 30.6 Å². The molecular formula is C24H17N3O4S. The van der Waals surface area contributed by atoms with Gasteiger partial charge in [-0.2, -0.15) is 0 Å². The van der Waals surface area contributed by atoms with Crippen LogP contribution in [0.4, 0.5) is 10.8 Å². The lowest BCUT2D eigenvalue weighted by molar-refractivity contribution is -0.121. The molecule has 3 aromatic carbocycles. The molecule has 1 aliphatic rings. The van der Waals surface area contributed by atoms with E-state index in [4.69, 9.17) is 4.74 Å². The van der Waals surface area contributed by atoms with Crippen molar-refractivity contribution in [2.24, 2.45) is 0 Å². The molecule has 7 nitrogen and oxygen atoms in total. The molecule has 5 rings (SSSR count). The molecule has 0 atom stereocenters. The summed E-state index contributed by atoms with van der Waals surface area (Å²) in [6, 6.07) is 21.5. The minimum Gasteiger partial charge on any atom is -0.457 e. The van der Waals surface area contributed by atoms with E-state index in [9.17, 15) is 14.4 Å². The second-order valence-electron chi connectivity index (χ2n) is 7.19. The molecule has 0 bridgehead atoms. The van der Waals surface area contributed by atoms with Crippen LogP contribution >= 0.6 is 11.3 Å². The number of thiazole rings is 1. The zero-order chi connectivity index (χ0) is 22.1. The van der Waals surface area contributed by atoms with Gasteiger partial charge in [0.05, 0.1) is 15.9 Å². The van der Waals surface area contributed by atoms with Gasteiger partial charge in [0.1, 0.15) is 11.5 Å². The molecule has 32 heavy (non-hydrogen) atoms. The van der Waals surface area contributed by atoms with Gasteiger partial charge in [-0.05, 0) is 42.5 Å². The molecule has 1 aromatic heterocycles. The van der Waals surface area contributed by atoms with Gasteiger partial charge in [0, 0.05) is 24.5 Å². The first kappa shape index (κ1) is 19.9. The molecule has 0 aliphatic carbocycles. The highest BCUT2D eigenvalue weighted by Crippen LogP contribution is 2.31. The fourth-order valence-electron chi connectivity index (χ4n) is 3.47. The quantitative estimate of drug-likeness (QED) is 0.439. The number of fused-ring (bicyclic) bond motifs is 1. The first-order chi connectivity index (χ1) is 15.6. The summed E-state index contributed by atoms with van der Waals surface area (Å²) < 4.78 is 6.73. The van der Waals surface area contributed by atoms with Crippen molar-refractivity contribution >= 4 is 50.1 Å². The molecule has 0 radical (unpaired) electrons. The van der Waals surface area contributed by atoms with Crippen LogP contribution < -0.4 is 15.0 Å². The largest absolute Gasteiger partial charge is 0.457 e. The molecule has 0 unspecified atom stereocenters. The minimum atomic E-state index is -0.370. The fourth-order valence-corrected chi connectivity index (χ4v) is 4.36. The van der Waals surface area contributed by atoms with Crippen LogP contribution in [0.3, 0.4) is 0 Å². The summed E-state index contributed by atoms with van der Waals surface area (Å²) in [7, 11) is 0. The Labute approximate surface area is 187 Å². The summed E-state index contributed by atoms with van der Waals surface area (Å²) in [5.41, 5.74) is 1.48. The number of para-hydroxylation sites is 1. The van der Waals surface area contributed by atoms with E-state index in [1.807, 2.05) is 48.5 Å². The van der Waals surface area contributed by atoms with Crippen molar-refractivity contribution in [1.82, 2.24) is 4.98 Å². The number of amides is 3. The highest BCUT2D eigenvalue weighted by molar-refractivity contribution is 7.22. The third kappa shape index (κ3) is 3.95. The Kier molecular flexibility index (Phi) is 5.12. The van der Waals surface area contributed by atoms with Crippen molar-refractivity contribution in [3.8, 4) is 11.5 Å². The molecule has 1 saturated heterocycles. The first-order valence-electron chi connectivity index (χ1n) is 9.97. The van der Waals surface area contributed by atoms with Crippen molar-refractivity contribution in [1.29, 1.82) is 0 Å². The standard InChI is InChI=1S/C24H17N3O4S/c28-21-11-12-22(29)27(21)16-6-4-5-15(13-16)23(30)26-24-25-19-10-9-18(14-20(19)32-24)31-17-7-2-1-3-8-17/h1-10,13-14H,11-12H2,(H,25,26,30). The monoisotopic (exact) mass is 443 g/mol. The minimum absolute atomic E-state index is 0.191. The summed E-state index contributed by atoms with van der Waals surface area (Å²) in [6.07, 6.45) is 0.383. The average Bonchev–Trinajstić information content (AvgIpc) is 3.35. The molecule has 0 saturated carbocycles. The molecule has 8 heteroatoms. The summed E-state index contributed by atoms with van der Waals surface area (Å²) in [5, 5.41) is 3.24. The van der Waals surface area contributed by atoms with E-state index in [0.717, 1.165) is 20.9 Å². The van der Waals surface area contributed by atoms with E-state index < -0.39 is 0 Å². The van der Waals surface area contributed by atoms with Gasteiger partial charge >= 0.3 is 0 Å². The van der Waals surface area contributed by atoms with E-state index in [1.165, 1.54) is 17.4 Å². The van der Waals surface area contributed by atoms with Crippen LogP contribution in [0, 0.1) is 0 Å². The maximum atomic E-state index is 12.8. The predicted octanol–water partition coefficient (Wildman–Crippen LogP) is 4.99. The number of carbonyl (C=O) groups excluding carboxylic acids is 3. The van der Waals surface area contributed by atoms with E-state index >= 15 is 0 Å². The van der Waals surface area contributed by atoms with Gasteiger partial charge in [-0.15, -0.1) is 0 Å². The Morgan fingerprint density at radius 1 is 0.906 bits per heavy atom. The second-order valence-corrected chi connectivity index (χ2v) is 8.22. The fraction of sp³-hybridized carbons (Fsp3) is 0.0833. The Balaban J connectivity index is 1.34. The number of rotatable bonds is 5. The van der Waals surface area contributed by atoms with Crippen molar-refractivity contribution in [2.75, 3.05) is 10.2 Å². The van der Waals surface area contributed by atoms with Crippen LogP contribution in [0.2, 0.25) is 0 Å². The molecule has 1 N–H and O–H groups in total. The first-order valence-corrected chi connectivity index (χ1v) is 10.8. The number of benzene rings is 3. The molecule has 4 aromatic rings. The van der Waals surface area contributed by atoms with Gasteiger partial charge in [0.25, 0.3) is 5.91 Å². The Morgan fingerprint density at radius 2 is 1.69 bits per heavy atom. The predicted molar refractivity (Wildman–Crippen MR) is 122 cm³/mol. The smallest absolute Gasteiger partial charge is 0.257 e. The van der Waals surface area contributed by atoms with Gasteiger partial charge in [-0.1, -0.05) is 35.6 Å². The lowest BCUT2D eigenvalue weighted by Gasteiger charge is -2.14. The van der Waals surface area contributed by atoms with Crippen LogP contribution in [0.15, 0.2) is 72.8 Å². The number of ether oxygens (including phenoxy) is 1.